The van der Waals surface area contributed by atoms with Crippen molar-refractivity contribution < 1.29 is 4.74 Å². The fourth-order valence-electron chi connectivity index (χ4n) is 3.96. The molecule has 23 heavy (non-hydrogen) atoms. The Morgan fingerprint density at radius 2 is 2.00 bits per heavy atom. The lowest BCUT2D eigenvalue weighted by atomic mass is 10.1. The second kappa shape index (κ2) is 6.42. The lowest BCUT2D eigenvalue weighted by Gasteiger charge is -2.29. The van der Waals surface area contributed by atoms with Gasteiger partial charge in [-0.25, -0.2) is 9.97 Å². The second-order valence-corrected chi connectivity index (χ2v) is 6.62. The average Bonchev–Trinajstić information content (AvgIpc) is 3.24. The Bertz CT molecular complexity index is 666. The lowest BCUT2D eigenvalue weighted by molar-refractivity contribution is 0.116. The number of anilines is 1. The van der Waals surface area contributed by atoms with Crippen molar-refractivity contribution in [3.63, 3.8) is 0 Å². The lowest BCUT2D eigenvalue weighted by Crippen LogP contribution is -2.39. The highest BCUT2D eigenvalue weighted by molar-refractivity contribution is 5.89. The fraction of sp³-hybridized carbons (Fsp3) is 0.556. The molecule has 0 spiro atoms. The molecule has 5 heteroatoms. The summed E-state index contributed by atoms with van der Waals surface area (Å²) in [4.78, 5) is 14.0. The standard InChI is InChI=1S/C18H24N4O/c1-23-15-10-14(11-21-8-4-5-9-21)22(12-15)18-16-6-2-3-7-17(16)19-13-20-18/h2-3,6-7,13-15H,4-5,8-12H2,1H3/t14-,15-/m0/s1. The van der Waals surface area contributed by atoms with Gasteiger partial charge in [0.2, 0.25) is 0 Å². The molecule has 4 rings (SSSR count). The summed E-state index contributed by atoms with van der Waals surface area (Å²) in [6.45, 7) is 4.48. The van der Waals surface area contributed by atoms with Gasteiger partial charge in [-0.15, -0.1) is 0 Å². The summed E-state index contributed by atoms with van der Waals surface area (Å²) in [5.41, 5.74) is 1.01. The third kappa shape index (κ3) is 2.91. The van der Waals surface area contributed by atoms with Crippen LogP contribution in [0.15, 0.2) is 30.6 Å². The van der Waals surface area contributed by atoms with Gasteiger partial charge in [-0.2, -0.15) is 0 Å². The van der Waals surface area contributed by atoms with E-state index in [2.05, 4.69) is 38.0 Å². The molecule has 0 aliphatic carbocycles. The van der Waals surface area contributed by atoms with Crippen molar-refractivity contribution in [3.8, 4) is 0 Å². The first-order valence-electron chi connectivity index (χ1n) is 8.56. The third-order valence-corrected chi connectivity index (χ3v) is 5.17. The monoisotopic (exact) mass is 312 g/mol. The van der Waals surface area contributed by atoms with Crippen molar-refractivity contribution in [2.75, 3.05) is 38.2 Å². The van der Waals surface area contributed by atoms with Crippen molar-refractivity contribution in [3.05, 3.63) is 30.6 Å². The van der Waals surface area contributed by atoms with Gasteiger partial charge in [0, 0.05) is 31.6 Å². The van der Waals surface area contributed by atoms with Gasteiger partial charge >= 0.3 is 0 Å². The maximum atomic E-state index is 5.67. The Balaban J connectivity index is 1.65. The first kappa shape index (κ1) is 14.8. The van der Waals surface area contributed by atoms with E-state index in [4.69, 9.17) is 4.74 Å². The Labute approximate surface area is 137 Å². The highest BCUT2D eigenvalue weighted by atomic mass is 16.5. The van der Waals surface area contributed by atoms with Crippen LogP contribution in [0, 0.1) is 0 Å². The largest absolute Gasteiger partial charge is 0.380 e. The zero-order valence-corrected chi connectivity index (χ0v) is 13.7. The number of aromatic nitrogens is 2. The van der Waals surface area contributed by atoms with Crippen LogP contribution < -0.4 is 4.90 Å². The van der Waals surface area contributed by atoms with Crippen LogP contribution in [-0.2, 0) is 4.74 Å². The van der Waals surface area contributed by atoms with Crippen LogP contribution in [0.5, 0.6) is 0 Å². The number of hydrogen-bond donors (Lipinski definition) is 0. The minimum atomic E-state index is 0.288. The number of methoxy groups -OCH3 is 1. The van der Waals surface area contributed by atoms with Crippen LogP contribution in [0.3, 0.4) is 0 Å². The summed E-state index contributed by atoms with van der Waals surface area (Å²) in [5, 5.41) is 1.14. The summed E-state index contributed by atoms with van der Waals surface area (Å²) >= 11 is 0. The zero-order valence-electron chi connectivity index (χ0n) is 13.7. The summed E-state index contributed by atoms with van der Waals surface area (Å²) in [6, 6.07) is 8.74. The number of hydrogen-bond acceptors (Lipinski definition) is 5. The molecule has 5 nitrogen and oxygen atoms in total. The zero-order chi connectivity index (χ0) is 15.6. The van der Waals surface area contributed by atoms with Crippen LogP contribution >= 0.6 is 0 Å². The molecule has 2 aliphatic rings. The molecule has 1 aromatic heterocycles. The number of nitrogens with zero attached hydrogens (tertiary/aromatic N) is 4. The predicted octanol–water partition coefficient (Wildman–Crippen LogP) is 2.32. The quantitative estimate of drug-likeness (QED) is 0.866. The van der Waals surface area contributed by atoms with Crippen LogP contribution in [0.1, 0.15) is 19.3 Å². The van der Waals surface area contributed by atoms with E-state index in [9.17, 15) is 0 Å². The molecule has 2 fully saturated rings. The van der Waals surface area contributed by atoms with E-state index in [1.54, 1.807) is 6.33 Å². The van der Waals surface area contributed by atoms with Gasteiger partial charge in [-0.1, -0.05) is 12.1 Å². The fourth-order valence-corrected chi connectivity index (χ4v) is 3.96. The topological polar surface area (TPSA) is 41.5 Å². The highest BCUT2D eigenvalue weighted by Gasteiger charge is 2.35. The summed E-state index contributed by atoms with van der Waals surface area (Å²) in [5.74, 6) is 1.05. The maximum Gasteiger partial charge on any atom is 0.140 e. The van der Waals surface area contributed by atoms with E-state index in [0.29, 0.717) is 6.04 Å². The van der Waals surface area contributed by atoms with Crippen molar-refractivity contribution in [1.82, 2.24) is 14.9 Å². The molecule has 0 unspecified atom stereocenters. The van der Waals surface area contributed by atoms with Crippen molar-refractivity contribution in [2.24, 2.45) is 0 Å². The van der Waals surface area contributed by atoms with E-state index < -0.39 is 0 Å². The Kier molecular flexibility index (Phi) is 4.14. The third-order valence-electron chi connectivity index (χ3n) is 5.17. The van der Waals surface area contributed by atoms with Crippen LogP contribution in [0.2, 0.25) is 0 Å². The molecule has 0 amide bonds. The molecule has 2 aromatic rings. The van der Waals surface area contributed by atoms with Crippen LogP contribution in [-0.4, -0.2) is 60.3 Å². The number of ether oxygens (including phenoxy) is 1. The van der Waals surface area contributed by atoms with E-state index in [1.165, 1.54) is 25.9 Å². The number of para-hydroxylation sites is 1. The SMILES string of the molecule is CO[C@H]1C[C@@H](CN2CCCC2)N(c2ncnc3ccccc23)C1. The van der Waals surface area contributed by atoms with Crippen molar-refractivity contribution in [1.29, 1.82) is 0 Å². The molecule has 122 valence electrons. The molecular weight excluding hydrogens is 288 g/mol. The van der Waals surface area contributed by atoms with E-state index in [1.807, 2.05) is 13.2 Å². The van der Waals surface area contributed by atoms with E-state index in [0.717, 1.165) is 36.2 Å². The first-order chi connectivity index (χ1) is 11.3. The van der Waals surface area contributed by atoms with Crippen molar-refractivity contribution in [2.45, 2.75) is 31.4 Å². The molecule has 0 N–H and O–H groups in total. The molecule has 2 saturated heterocycles. The number of benzene rings is 1. The Hall–Kier alpha value is -1.72. The molecule has 2 atom stereocenters. The van der Waals surface area contributed by atoms with Gasteiger partial charge in [-0.05, 0) is 44.5 Å². The van der Waals surface area contributed by atoms with E-state index >= 15 is 0 Å². The molecule has 0 bridgehead atoms. The average molecular weight is 312 g/mol. The molecule has 0 radical (unpaired) electrons. The van der Waals surface area contributed by atoms with Gasteiger partial charge in [0.05, 0.1) is 11.6 Å². The first-order valence-corrected chi connectivity index (χ1v) is 8.56. The number of fused-ring (bicyclic) bond motifs is 1. The van der Waals surface area contributed by atoms with Crippen LogP contribution in [0.4, 0.5) is 5.82 Å². The molecule has 2 aliphatic heterocycles. The van der Waals surface area contributed by atoms with Gasteiger partial charge < -0.3 is 14.5 Å². The predicted molar refractivity (Wildman–Crippen MR) is 91.8 cm³/mol. The van der Waals surface area contributed by atoms with Gasteiger partial charge in [0.15, 0.2) is 0 Å². The van der Waals surface area contributed by atoms with Crippen LogP contribution in [0.25, 0.3) is 10.9 Å². The molecule has 3 heterocycles. The Morgan fingerprint density at radius 3 is 2.83 bits per heavy atom. The van der Waals surface area contributed by atoms with Gasteiger partial charge in [-0.3, -0.25) is 0 Å². The van der Waals surface area contributed by atoms with Gasteiger partial charge in [0.1, 0.15) is 12.1 Å². The minimum absolute atomic E-state index is 0.288. The van der Waals surface area contributed by atoms with Crippen molar-refractivity contribution >= 4 is 16.7 Å². The minimum Gasteiger partial charge on any atom is -0.380 e. The summed E-state index contributed by atoms with van der Waals surface area (Å²) in [7, 11) is 1.82. The number of likely N-dealkylation sites (tertiary alicyclic amines) is 1. The molecule has 1 aromatic carbocycles. The van der Waals surface area contributed by atoms with E-state index in [-0.39, 0.29) is 6.10 Å². The maximum absolute atomic E-state index is 5.67. The number of rotatable bonds is 4. The summed E-state index contributed by atoms with van der Waals surface area (Å²) in [6.07, 6.45) is 5.71. The second-order valence-electron chi connectivity index (χ2n) is 6.62. The Morgan fingerprint density at radius 1 is 1.17 bits per heavy atom. The highest BCUT2D eigenvalue weighted by Crippen LogP contribution is 2.31. The smallest absolute Gasteiger partial charge is 0.140 e. The molecular formula is C18H24N4O. The summed E-state index contributed by atoms with van der Waals surface area (Å²) < 4.78 is 5.67. The normalized spacial score (nSPS) is 25.5. The molecule has 0 saturated carbocycles. The van der Waals surface area contributed by atoms with Gasteiger partial charge in [0.25, 0.3) is 0 Å².